The van der Waals surface area contributed by atoms with Crippen LogP contribution in [0, 0.1) is 0 Å². The molecule has 0 saturated carbocycles. The fraction of sp³-hybridized carbons (Fsp3) is 0.0323. The number of hydrogen-bond donors (Lipinski definition) is 0. The Hall–Kier alpha value is -4.30. The molecule has 0 aromatic heterocycles. The van der Waals surface area contributed by atoms with Crippen molar-refractivity contribution in [1.29, 1.82) is 0 Å². The summed E-state index contributed by atoms with van der Waals surface area (Å²) in [6, 6.07) is 35.5. The largest absolute Gasteiger partial charge is 0.444 e. The van der Waals surface area contributed by atoms with E-state index in [1.54, 1.807) is 0 Å². The maximum Gasteiger partial charge on any atom is 0.299 e. The van der Waals surface area contributed by atoms with Gasteiger partial charge in [0.05, 0.1) is 0 Å². The van der Waals surface area contributed by atoms with Crippen LogP contribution in [0.15, 0.2) is 109 Å². The lowest BCUT2D eigenvalue weighted by Gasteiger charge is -2.40. The van der Waals surface area contributed by atoms with E-state index < -0.39 is 5.79 Å². The van der Waals surface area contributed by atoms with E-state index in [4.69, 9.17) is 9.47 Å². The molecule has 5 aromatic carbocycles. The predicted octanol–water partition coefficient (Wildman–Crippen LogP) is 7.73. The highest BCUT2D eigenvalue weighted by Crippen LogP contribution is 2.48. The van der Waals surface area contributed by atoms with Gasteiger partial charge in [-0.15, -0.1) is 0 Å². The highest BCUT2D eigenvalue weighted by molar-refractivity contribution is 6.02. The van der Waals surface area contributed by atoms with E-state index in [2.05, 4.69) is 97.1 Å². The van der Waals surface area contributed by atoms with Crippen molar-refractivity contribution < 1.29 is 9.47 Å². The Morgan fingerprint density at radius 3 is 2.12 bits per heavy atom. The minimum absolute atomic E-state index is 0.821. The third-order valence-corrected chi connectivity index (χ3v) is 6.59. The Morgan fingerprint density at radius 2 is 1.27 bits per heavy atom. The summed E-state index contributed by atoms with van der Waals surface area (Å²) >= 11 is 0. The summed E-state index contributed by atoms with van der Waals surface area (Å²) in [6.45, 7) is 0. The molecule has 0 saturated heterocycles. The van der Waals surface area contributed by atoms with Crippen LogP contribution in [-0.2, 0) is 0 Å². The number of benzene rings is 5. The van der Waals surface area contributed by atoms with Crippen LogP contribution in [0.4, 0.5) is 0 Å². The molecule has 7 rings (SSSR count). The SMILES string of the molecule is C1=CC2(Oc3ccc4ccccc4c3C=C2c2ccccc2)Oc2c1ccc1ccccc21. The molecule has 33 heavy (non-hydrogen) atoms. The Labute approximate surface area is 192 Å². The molecule has 2 nitrogen and oxygen atoms in total. The van der Waals surface area contributed by atoms with Crippen molar-refractivity contribution in [2.24, 2.45) is 0 Å². The monoisotopic (exact) mass is 424 g/mol. The Bertz CT molecular complexity index is 1610. The second-order valence-electron chi connectivity index (χ2n) is 8.53. The first-order valence-corrected chi connectivity index (χ1v) is 11.2. The second kappa shape index (κ2) is 6.85. The standard InChI is InChI=1S/C31H20O2/c1-2-10-23(11-3-1)28-20-27-25-12-6-4-8-21(25)16-17-29(27)32-31(28)19-18-24-15-14-22-9-5-7-13-26(22)30(24)33-31/h1-20H. The van der Waals surface area contributed by atoms with Gasteiger partial charge in [-0.25, -0.2) is 0 Å². The smallest absolute Gasteiger partial charge is 0.299 e. The molecule has 0 bridgehead atoms. The van der Waals surface area contributed by atoms with Crippen LogP contribution in [0.3, 0.4) is 0 Å². The first kappa shape index (κ1) is 18.3. The van der Waals surface area contributed by atoms with E-state index in [1.165, 1.54) is 10.8 Å². The molecule has 2 heterocycles. The van der Waals surface area contributed by atoms with E-state index in [0.717, 1.165) is 44.5 Å². The van der Waals surface area contributed by atoms with Crippen molar-refractivity contribution in [3.05, 3.63) is 126 Å². The highest BCUT2D eigenvalue weighted by atomic mass is 16.7. The van der Waals surface area contributed by atoms with Gasteiger partial charge >= 0.3 is 0 Å². The summed E-state index contributed by atoms with van der Waals surface area (Å²) in [4.78, 5) is 0. The number of rotatable bonds is 1. The zero-order valence-corrected chi connectivity index (χ0v) is 17.9. The van der Waals surface area contributed by atoms with Crippen LogP contribution < -0.4 is 9.47 Å². The van der Waals surface area contributed by atoms with Crippen LogP contribution in [0.2, 0.25) is 0 Å². The summed E-state index contributed by atoms with van der Waals surface area (Å²) in [5, 5.41) is 4.59. The molecular weight excluding hydrogens is 404 g/mol. The maximum absolute atomic E-state index is 6.83. The molecule has 1 spiro atoms. The van der Waals surface area contributed by atoms with Crippen LogP contribution in [0.5, 0.6) is 11.5 Å². The van der Waals surface area contributed by atoms with E-state index in [0.29, 0.717) is 0 Å². The van der Waals surface area contributed by atoms with Gasteiger partial charge in [-0.05, 0) is 39.9 Å². The zero-order valence-electron chi connectivity index (χ0n) is 17.9. The molecule has 156 valence electrons. The molecule has 2 heteroatoms. The first-order valence-electron chi connectivity index (χ1n) is 11.2. The lowest BCUT2D eigenvalue weighted by Crippen LogP contribution is -2.44. The van der Waals surface area contributed by atoms with Crippen molar-refractivity contribution in [3.63, 3.8) is 0 Å². The van der Waals surface area contributed by atoms with Gasteiger partial charge in [0.2, 0.25) is 0 Å². The quantitative estimate of drug-likeness (QED) is 0.274. The summed E-state index contributed by atoms with van der Waals surface area (Å²) in [5.41, 5.74) is 4.20. The van der Waals surface area contributed by atoms with Gasteiger partial charge in [-0.1, -0.05) is 97.1 Å². The Kier molecular flexibility index (Phi) is 3.80. The lowest BCUT2D eigenvalue weighted by molar-refractivity contribution is -0.0199. The topological polar surface area (TPSA) is 18.5 Å². The minimum atomic E-state index is -1.05. The summed E-state index contributed by atoms with van der Waals surface area (Å²) in [5.74, 6) is 0.622. The first-order chi connectivity index (χ1) is 16.3. The third kappa shape index (κ3) is 2.74. The van der Waals surface area contributed by atoms with E-state index in [-0.39, 0.29) is 0 Å². The van der Waals surface area contributed by atoms with Crippen molar-refractivity contribution in [3.8, 4) is 11.5 Å². The van der Waals surface area contributed by atoms with E-state index in [9.17, 15) is 0 Å². The van der Waals surface area contributed by atoms with Crippen LogP contribution >= 0.6 is 0 Å². The summed E-state index contributed by atoms with van der Waals surface area (Å²) < 4.78 is 13.6. The average molecular weight is 424 g/mol. The van der Waals surface area contributed by atoms with Gasteiger partial charge in [0.25, 0.3) is 5.79 Å². The van der Waals surface area contributed by atoms with Gasteiger partial charge in [0.1, 0.15) is 11.5 Å². The molecule has 2 aliphatic rings. The summed E-state index contributed by atoms with van der Waals surface area (Å²) in [6.07, 6.45) is 6.39. The molecule has 1 atom stereocenters. The van der Waals surface area contributed by atoms with Crippen molar-refractivity contribution in [2.45, 2.75) is 5.79 Å². The molecule has 0 aliphatic carbocycles. The fourth-order valence-electron chi connectivity index (χ4n) is 4.97. The number of ether oxygens (including phenoxy) is 2. The van der Waals surface area contributed by atoms with Crippen molar-refractivity contribution in [1.82, 2.24) is 0 Å². The van der Waals surface area contributed by atoms with Crippen LogP contribution in [0.25, 0.3) is 39.3 Å². The minimum Gasteiger partial charge on any atom is -0.444 e. The highest BCUT2D eigenvalue weighted by Gasteiger charge is 2.43. The van der Waals surface area contributed by atoms with Gasteiger partial charge in [-0.2, -0.15) is 0 Å². The molecular formula is C31H20O2. The molecule has 1 unspecified atom stereocenters. The molecule has 2 aliphatic heterocycles. The van der Waals surface area contributed by atoms with Crippen LogP contribution in [-0.4, -0.2) is 5.79 Å². The zero-order chi connectivity index (χ0) is 21.8. The molecule has 5 aromatic rings. The maximum atomic E-state index is 6.83. The van der Waals surface area contributed by atoms with Gasteiger partial charge in [-0.3, -0.25) is 0 Å². The fourth-order valence-corrected chi connectivity index (χ4v) is 4.97. The third-order valence-electron chi connectivity index (χ3n) is 6.59. The normalized spacial score (nSPS) is 18.4. The molecule has 0 amide bonds. The molecule has 0 radical (unpaired) electrons. The second-order valence-corrected chi connectivity index (χ2v) is 8.53. The summed E-state index contributed by atoms with van der Waals surface area (Å²) in [7, 11) is 0. The number of fused-ring (bicyclic) bond motifs is 6. The average Bonchev–Trinajstić information content (AvgIpc) is 2.88. The van der Waals surface area contributed by atoms with E-state index >= 15 is 0 Å². The number of hydrogen-bond acceptors (Lipinski definition) is 2. The Balaban J connectivity index is 1.49. The van der Waals surface area contributed by atoms with Crippen molar-refractivity contribution >= 4 is 39.3 Å². The lowest BCUT2D eigenvalue weighted by atomic mass is 9.88. The van der Waals surface area contributed by atoms with Crippen LogP contribution in [0.1, 0.15) is 16.7 Å². The van der Waals surface area contributed by atoms with Gasteiger partial charge in [0.15, 0.2) is 0 Å². The Morgan fingerprint density at radius 1 is 0.576 bits per heavy atom. The van der Waals surface area contributed by atoms with Gasteiger partial charge < -0.3 is 9.47 Å². The van der Waals surface area contributed by atoms with E-state index in [1.807, 2.05) is 24.3 Å². The molecule has 0 fully saturated rings. The molecule has 0 N–H and O–H groups in total. The van der Waals surface area contributed by atoms with Gasteiger partial charge in [0, 0.05) is 28.2 Å². The predicted molar refractivity (Wildman–Crippen MR) is 135 cm³/mol. The van der Waals surface area contributed by atoms with Crippen molar-refractivity contribution in [2.75, 3.05) is 0 Å².